The van der Waals surface area contributed by atoms with Crippen LogP contribution in [0.2, 0.25) is 0 Å². The third kappa shape index (κ3) is 12.8. The van der Waals surface area contributed by atoms with Crippen molar-refractivity contribution in [2.24, 2.45) is 0 Å². The second-order valence-corrected chi connectivity index (χ2v) is 26.8. The van der Waals surface area contributed by atoms with Gasteiger partial charge in [-0.25, -0.2) is 14.8 Å². The maximum absolute atomic E-state index is 13.2. The van der Waals surface area contributed by atoms with Gasteiger partial charge in [0.2, 0.25) is 0 Å². The molecular weight excluding hydrogens is 1370 g/mol. The van der Waals surface area contributed by atoms with Gasteiger partial charge in [0.1, 0.15) is 24.5 Å². The second kappa shape index (κ2) is 24.6. The number of fused-ring (bicyclic) bond motifs is 2. The van der Waals surface area contributed by atoms with E-state index in [-0.39, 0.29) is 54.8 Å². The number of aryl methyl sites for hydroxylation is 4. The molecule has 9 heterocycles. The molecule has 0 unspecified atom stereocenters. The van der Waals surface area contributed by atoms with Crippen molar-refractivity contribution in [3.8, 4) is 32.5 Å². The first-order valence-electron chi connectivity index (χ1n) is 18.6. The smallest absolute Gasteiger partial charge is 0.337 e. The number of aromatic nitrogens is 13. The Bertz CT molecular complexity index is 3020. The van der Waals surface area contributed by atoms with Crippen LogP contribution in [0.1, 0.15) is 59.8 Å². The van der Waals surface area contributed by atoms with Crippen LogP contribution in [0.3, 0.4) is 0 Å². The number of hydrogen-bond acceptors (Lipinski definition) is 15. The van der Waals surface area contributed by atoms with Gasteiger partial charge in [-0.05, 0) is 96.1 Å². The number of thiophene rings is 2. The number of ketones is 1. The van der Waals surface area contributed by atoms with Crippen LogP contribution in [0.4, 0.5) is 0 Å². The van der Waals surface area contributed by atoms with E-state index in [1.54, 1.807) is 51.7 Å². The number of aromatic carboxylic acids is 1. The first-order valence-corrected chi connectivity index (χ1v) is 25.5. The number of nitrogens with zero attached hydrogens (tertiary/aromatic N) is 13. The molecule has 0 bridgehead atoms. The van der Waals surface area contributed by atoms with E-state index in [9.17, 15) is 24.9 Å². The van der Waals surface area contributed by atoms with Gasteiger partial charge >= 0.3 is 5.97 Å². The van der Waals surface area contributed by atoms with Crippen LogP contribution in [0, 0.1) is 25.7 Å². The molecule has 9 rings (SSSR count). The first-order chi connectivity index (χ1) is 30.8. The van der Waals surface area contributed by atoms with E-state index in [0.717, 1.165) is 37.2 Å². The van der Waals surface area contributed by atoms with E-state index in [0.29, 0.717) is 41.1 Å². The molecule has 0 aliphatic carbocycles. The molecule has 0 atom stereocenters. The zero-order chi connectivity index (χ0) is 46.1. The Labute approximate surface area is 446 Å². The third-order valence-corrected chi connectivity index (χ3v) is 11.2. The topological polar surface area (TPSA) is 230 Å². The summed E-state index contributed by atoms with van der Waals surface area (Å²) in [6, 6.07) is 15.2. The van der Waals surface area contributed by atoms with Gasteiger partial charge in [0.05, 0.1) is 39.1 Å². The maximum Gasteiger partial charge on any atom is 0.337 e. The summed E-state index contributed by atoms with van der Waals surface area (Å²) in [6.45, 7) is 5.26. The van der Waals surface area contributed by atoms with Gasteiger partial charge in [-0.3, -0.25) is 23.5 Å². The van der Waals surface area contributed by atoms with Crippen LogP contribution >= 0.6 is 113 Å². The van der Waals surface area contributed by atoms with E-state index < -0.39 is 5.97 Å². The van der Waals surface area contributed by atoms with Crippen LogP contribution < -0.4 is 0 Å². The van der Waals surface area contributed by atoms with Crippen LogP contribution in [-0.2, 0) is 38.2 Å². The van der Waals surface area contributed by atoms with Crippen molar-refractivity contribution in [2.45, 2.75) is 46.8 Å². The molecule has 9 aromatic rings. The zero-order valence-corrected chi connectivity index (χ0v) is 46.0. The van der Waals surface area contributed by atoms with Gasteiger partial charge in [-0.1, -0.05) is 73.8 Å². The van der Waals surface area contributed by atoms with Crippen LogP contribution in [0.25, 0.3) is 43.8 Å². The minimum absolute atomic E-state index is 0. The fraction of sp³-hybridized carbons (Fsp3) is 0.200. The molecule has 1 radical (unpaired) electrons. The zero-order valence-electron chi connectivity index (χ0n) is 34.4. The molecule has 0 spiro atoms. The molecule has 25 heteroatoms. The number of imidazole rings is 2. The average molecular weight is 1400 g/mol. The Morgan fingerprint density at radius 3 is 1.60 bits per heavy atom. The van der Waals surface area contributed by atoms with Crippen molar-refractivity contribution in [1.29, 1.82) is 0 Å². The summed E-state index contributed by atoms with van der Waals surface area (Å²) in [7, 11) is 0. The SMILES string of the molecule is Cc1ccc(-c2cnc3c(-n4nnnc4CO)cc(C(=O)O)cn23)s1.Cc1ccc(CCC(=O)c2cc(-n3nnnc3CO)c3ncc(-c4ccc(C)s4)n3c2)cn1.IC(I)I.[CH2-]I.[V]. The molecule has 18 nitrogen and oxygen atoms in total. The molecule has 3 N–H and O–H groups in total. The number of carbonyl (C=O) groups is 2. The number of carbonyl (C=O) groups excluding carboxylic acids is 1. The van der Waals surface area contributed by atoms with Crippen molar-refractivity contribution in [3.63, 3.8) is 0 Å². The van der Waals surface area contributed by atoms with Gasteiger partial charge in [0.15, 0.2) is 28.7 Å². The number of aliphatic hydroxyl groups is 2. The number of Topliss-reactive ketones (excluding diaryl/α,β-unsaturated/α-hetero) is 1. The fourth-order valence-corrected chi connectivity index (χ4v) is 8.01. The summed E-state index contributed by atoms with van der Waals surface area (Å²) < 4.78 is 7.05. The molecule has 337 valence electrons. The van der Waals surface area contributed by atoms with Crippen LogP contribution in [0.5, 0.6) is 0 Å². The minimum Gasteiger partial charge on any atom is -0.478 e. The largest absolute Gasteiger partial charge is 0.478 e. The molecular formula is C40H36I4N13O5S2V-. The van der Waals surface area contributed by atoms with E-state index in [2.05, 4.69) is 125 Å². The number of rotatable bonds is 11. The number of alkyl halides is 3. The molecule has 0 aromatic carbocycles. The first kappa shape index (κ1) is 52.6. The minimum atomic E-state index is -1.08. The summed E-state index contributed by atoms with van der Waals surface area (Å²) in [4.78, 5) is 45.6. The number of hydrogen-bond donors (Lipinski definition) is 3. The Morgan fingerprint density at radius 1 is 0.708 bits per heavy atom. The Kier molecular flexibility index (Phi) is 19.9. The fourth-order valence-electron chi connectivity index (χ4n) is 6.26. The average Bonchev–Trinajstić information content (AvgIpc) is 4.15. The molecule has 65 heavy (non-hydrogen) atoms. The van der Waals surface area contributed by atoms with Crippen molar-refractivity contribution in [3.05, 3.63) is 128 Å². The predicted octanol–water partition coefficient (Wildman–Crippen LogP) is 8.68. The van der Waals surface area contributed by atoms with Crippen molar-refractivity contribution in [1.82, 2.24) is 64.2 Å². The Hall–Kier alpha value is -3.37. The summed E-state index contributed by atoms with van der Waals surface area (Å²) in [6.07, 6.45) is 9.51. The summed E-state index contributed by atoms with van der Waals surface area (Å²) in [5.74, 6) is -0.632. The summed E-state index contributed by atoms with van der Waals surface area (Å²) >= 11 is 12.1. The second-order valence-electron chi connectivity index (χ2n) is 13.3. The number of halogens is 4. The third-order valence-electron chi connectivity index (χ3n) is 9.15. The number of carboxylic acids is 1. The Morgan fingerprint density at radius 2 is 1.18 bits per heavy atom. The number of pyridine rings is 3. The number of aliphatic hydroxyl groups excluding tert-OH is 2. The standard InChI is InChI=1S/C23H21N7O2S.C15H12N6O3S.CHI3.CH2I.V/c1-14-3-5-16(10-24-14)6-7-20(32)17-9-18(30-22(13-31)26-27-28-30)23-25-11-19(29(23)12-17)21-8-4-15(2)33-21;1-8-2-3-12(25-8)11-5-16-14-10(21-13(7-22)17-18-19-21)4-9(15(23)24)6-20(11)14;2-1(3)4;1-2;/h3-5,8-12,31H,6-7,13H2,1-2H3;2-6,22H,7H2,1H3,(H,23,24);1H;1H2;/q;;;-1;. The van der Waals surface area contributed by atoms with E-state index >= 15 is 0 Å². The van der Waals surface area contributed by atoms with E-state index in [4.69, 9.17) is 0 Å². The van der Waals surface area contributed by atoms with Gasteiger partial charge in [0, 0.05) is 64.6 Å². The van der Waals surface area contributed by atoms with Gasteiger partial charge in [-0.15, -0.1) is 32.9 Å². The molecule has 0 amide bonds. The summed E-state index contributed by atoms with van der Waals surface area (Å²) in [5.41, 5.74) is 6.19. The van der Waals surface area contributed by atoms with E-state index in [1.807, 2.05) is 84.3 Å². The maximum atomic E-state index is 13.2. The quantitative estimate of drug-likeness (QED) is 0.0476. The van der Waals surface area contributed by atoms with Crippen LogP contribution in [-0.4, -0.2) is 91.2 Å². The molecule has 0 saturated carbocycles. The monoisotopic (exact) mass is 1400 g/mol. The van der Waals surface area contributed by atoms with Gasteiger partial charge in [0.25, 0.3) is 0 Å². The normalized spacial score (nSPS) is 10.8. The van der Waals surface area contributed by atoms with E-state index in [1.165, 1.54) is 26.5 Å². The van der Waals surface area contributed by atoms with Crippen LogP contribution in [0.15, 0.2) is 79.5 Å². The number of carboxylic acid groups (broad SMARTS) is 1. The molecule has 0 fully saturated rings. The van der Waals surface area contributed by atoms with Crippen molar-refractivity contribution < 1.29 is 43.5 Å². The van der Waals surface area contributed by atoms with Crippen molar-refractivity contribution >= 4 is 136 Å². The van der Waals surface area contributed by atoms with Gasteiger partial charge < -0.3 is 37.9 Å². The Balaban J connectivity index is 0.000000221. The molecule has 9 aromatic heterocycles. The molecule has 0 saturated heterocycles. The molecule has 0 aliphatic rings. The van der Waals surface area contributed by atoms with Gasteiger partial charge in [-0.2, -0.15) is 9.36 Å². The summed E-state index contributed by atoms with van der Waals surface area (Å²) in [5, 5.41) is 51.2. The van der Waals surface area contributed by atoms with Crippen molar-refractivity contribution in [2.75, 3.05) is 0 Å². The number of tetrazole rings is 2. The molecule has 0 aliphatic heterocycles. The predicted molar refractivity (Wildman–Crippen MR) is 278 cm³/mol.